The molecule has 0 saturated carbocycles. The quantitative estimate of drug-likeness (QED) is 0.147. The molecule has 1 radical (unpaired) electrons. The van der Waals surface area contributed by atoms with Crippen LogP contribution in [-0.2, 0) is 27.5 Å². The molecule has 0 aromatic rings. The van der Waals surface area contributed by atoms with Crippen molar-refractivity contribution in [3.63, 3.8) is 0 Å². The summed E-state index contributed by atoms with van der Waals surface area (Å²) in [7, 11) is -4.67. The molecule has 0 aliphatic carbocycles. The number of hydrazine groups is 1. The van der Waals surface area contributed by atoms with Gasteiger partial charge in [0, 0.05) is 17.1 Å². The summed E-state index contributed by atoms with van der Waals surface area (Å²) in [4.78, 5) is 0. The van der Waals surface area contributed by atoms with Crippen LogP contribution in [-0.4, -0.2) is 34.9 Å². The van der Waals surface area contributed by atoms with Crippen LogP contribution in [0.5, 0.6) is 0 Å². The Hall–Kier alpha value is 0.842. The molecule has 0 atom stereocenters. The second-order valence-corrected chi connectivity index (χ2v) is 1.34. The molecule has 0 bridgehead atoms. The number of hydrogen-bond acceptors (Lipinski definition) is 4. The summed E-state index contributed by atoms with van der Waals surface area (Å²) in [6, 6.07) is 0. The first kappa shape index (κ1) is 22.5. The molecule has 0 aliphatic heterocycles. The summed E-state index contributed by atoms with van der Waals surface area (Å²) in [5, 5.41) is 0. The van der Waals surface area contributed by atoms with Gasteiger partial charge >= 0.3 is 10.4 Å². The molecule has 9 heavy (non-hydrogen) atoms. The fourth-order valence-corrected chi connectivity index (χ4v) is 0. The van der Waals surface area contributed by atoms with Crippen molar-refractivity contribution in [1.82, 2.24) is 0 Å². The van der Waals surface area contributed by atoms with Crippen molar-refractivity contribution >= 4 is 27.8 Å². The zero-order valence-corrected chi connectivity index (χ0v) is 5.65. The summed E-state index contributed by atoms with van der Waals surface area (Å²) >= 11 is 0. The summed E-state index contributed by atoms with van der Waals surface area (Å²) in [6.07, 6.45) is 0. The molecule has 0 aromatic carbocycles. The van der Waals surface area contributed by atoms with Crippen LogP contribution in [0.2, 0.25) is 0 Å². The maximum absolute atomic E-state index is 8.74. The van der Waals surface area contributed by atoms with Crippen molar-refractivity contribution in [2.24, 2.45) is 11.7 Å². The van der Waals surface area contributed by atoms with E-state index in [9.17, 15) is 0 Å². The van der Waals surface area contributed by atoms with Crippen molar-refractivity contribution in [3.05, 3.63) is 0 Å². The van der Waals surface area contributed by atoms with Crippen molar-refractivity contribution in [1.29, 1.82) is 0 Å². The van der Waals surface area contributed by atoms with Crippen LogP contribution < -0.4 is 11.7 Å². The molecule has 0 rings (SSSR count). The van der Waals surface area contributed by atoms with Gasteiger partial charge in [0.05, 0.1) is 0 Å². The zero-order valence-electron chi connectivity index (χ0n) is 3.65. The van der Waals surface area contributed by atoms with Crippen molar-refractivity contribution in [2.45, 2.75) is 0 Å². The first-order valence-electron chi connectivity index (χ1n) is 1.03. The van der Waals surface area contributed by atoms with Gasteiger partial charge in [-0.15, -0.1) is 0 Å². The Bertz CT molecular complexity index is 102. The van der Waals surface area contributed by atoms with Crippen LogP contribution in [0.1, 0.15) is 0 Å². The third-order valence-electron chi connectivity index (χ3n) is 0. The van der Waals surface area contributed by atoms with E-state index in [0.29, 0.717) is 0 Å². The molecule has 0 amide bonds. The van der Waals surface area contributed by atoms with E-state index in [1.807, 2.05) is 0 Å². The molecule has 0 fully saturated rings. The monoisotopic (exact) mass is 215 g/mol. The van der Waals surface area contributed by atoms with E-state index in [1.165, 1.54) is 0 Å². The van der Waals surface area contributed by atoms with Gasteiger partial charge in [0.25, 0.3) is 0 Å². The van der Waals surface area contributed by atoms with Gasteiger partial charge in [-0.05, 0) is 0 Å². The van der Waals surface area contributed by atoms with Crippen LogP contribution in [0.15, 0.2) is 0 Å². The largest absolute Gasteiger partial charge is 0.394 e. The second kappa shape index (κ2) is 11.6. The Morgan fingerprint density at radius 1 is 1.11 bits per heavy atom. The zero-order chi connectivity index (χ0) is 6.50. The summed E-state index contributed by atoms with van der Waals surface area (Å²) < 4.78 is 31.6. The summed E-state index contributed by atoms with van der Waals surface area (Å²) in [5.41, 5.74) is 0. The Morgan fingerprint density at radius 2 is 1.11 bits per heavy atom. The molecule has 6 N–H and O–H groups in total. The summed E-state index contributed by atoms with van der Waals surface area (Å²) in [6.45, 7) is 0. The molecule has 0 aliphatic rings. The van der Waals surface area contributed by atoms with Crippen LogP contribution >= 0.6 is 0 Å². The molecule has 6 nitrogen and oxygen atoms in total. The van der Waals surface area contributed by atoms with Gasteiger partial charge in [-0.2, -0.15) is 8.42 Å². The Kier molecular flexibility index (Phi) is 29.1. The topological polar surface area (TPSA) is 127 Å². The molecule has 9 heteroatoms. The smallest absolute Gasteiger partial charge is 0.274 e. The van der Waals surface area contributed by atoms with Crippen molar-refractivity contribution < 1.29 is 34.6 Å². The van der Waals surface area contributed by atoms with Crippen molar-refractivity contribution in [2.75, 3.05) is 0 Å². The number of rotatable bonds is 0. The normalized spacial score (nSPS) is 7.11. The summed E-state index contributed by atoms with van der Waals surface area (Å²) in [5.74, 6) is 8.00. The predicted octanol–water partition coefficient (Wildman–Crippen LogP) is -3.02. The second-order valence-electron chi connectivity index (χ2n) is 0.448. The minimum absolute atomic E-state index is 0. The average molecular weight is 215 g/mol. The standard InChI is InChI=1S/Al.Mn.H4N2.H2O4S.3H/c;;1-2;1-5(2,3)4;;;/h;;1-2H2;(H2,1,2,3,4);;;. The molecule has 0 unspecified atom stereocenters. The Morgan fingerprint density at radius 3 is 1.11 bits per heavy atom. The van der Waals surface area contributed by atoms with E-state index < -0.39 is 10.4 Å². The van der Waals surface area contributed by atoms with E-state index in [2.05, 4.69) is 11.7 Å². The Balaban J connectivity index is -0.0000000286. The van der Waals surface area contributed by atoms with Crippen LogP contribution in [0, 0.1) is 0 Å². The SMILES string of the molecule is NN.O=S(=O)(O)O.[AlH3].[Mn]. The van der Waals surface area contributed by atoms with E-state index in [4.69, 9.17) is 17.5 Å². The molecule has 0 spiro atoms. The average Bonchev–Trinajstić information content (AvgIpc) is 1.36. The van der Waals surface area contributed by atoms with Crippen molar-refractivity contribution in [3.8, 4) is 0 Å². The Labute approximate surface area is 74.1 Å². The van der Waals surface area contributed by atoms with E-state index in [0.717, 1.165) is 0 Å². The first-order valence-corrected chi connectivity index (χ1v) is 2.43. The van der Waals surface area contributed by atoms with Gasteiger partial charge in [-0.1, -0.05) is 0 Å². The molecule has 59 valence electrons. The third-order valence-corrected chi connectivity index (χ3v) is 0. The number of nitrogens with two attached hydrogens (primary N) is 2. The maximum atomic E-state index is 8.74. The molecular formula is H9AlMnN2O4S. The first-order chi connectivity index (χ1) is 3.00. The molecular weight excluding hydrogens is 206 g/mol. The van der Waals surface area contributed by atoms with Crippen LogP contribution in [0.4, 0.5) is 0 Å². The van der Waals surface area contributed by atoms with Gasteiger partial charge in [-0.3, -0.25) is 20.8 Å². The van der Waals surface area contributed by atoms with E-state index in [1.54, 1.807) is 0 Å². The minimum atomic E-state index is -4.67. The fourth-order valence-electron chi connectivity index (χ4n) is 0. The van der Waals surface area contributed by atoms with Crippen LogP contribution in [0.25, 0.3) is 0 Å². The molecule has 0 saturated heterocycles. The van der Waals surface area contributed by atoms with Gasteiger partial charge in [0.1, 0.15) is 0 Å². The van der Waals surface area contributed by atoms with Gasteiger partial charge in [0.2, 0.25) is 0 Å². The van der Waals surface area contributed by atoms with Gasteiger partial charge in [-0.25, -0.2) is 0 Å². The molecule has 0 aromatic heterocycles. The molecule has 0 heterocycles. The maximum Gasteiger partial charge on any atom is 0.394 e. The predicted molar refractivity (Wildman–Crippen MR) is 32.5 cm³/mol. The number of hydrogen-bond donors (Lipinski definition) is 4. The van der Waals surface area contributed by atoms with E-state index >= 15 is 0 Å². The minimum Gasteiger partial charge on any atom is -0.274 e. The third kappa shape index (κ3) is 584. The van der Waals surface area contributed by atoms with Gasteiger partial charge in [0.15, 0.2) is 17.4 Å². The van der Waals surface area contributed by atoms with Crippen LogP contribution in [0.3, 0.4) is 0 Å². The van der Waals surface area contributed by atoms with E-state index in [-0.39, 0.29) is 34.4 Å². The fraction of sp³-hybridized carbons (Fsp3) is 0. The van der Waals surface area contributed by atoms with Gasteiger partial charge < -0.3 is 0 Å².